The molecule has 1 aromatic heterocycles. The maximum atomic E-state index is 12.2. The molecule has 29 heavy (non-hydrogen) atoms. The molecule has 0 aliphatic rings. The number of aryl methyl sites for hydroxylation is 2. The fourth-order valence-electron chi connectivity index (χ4n) is 2.68. The summed E-state index contributed by atoms with van der Waals surface area (Å²) in [4.78, 5) is 24.2. The second-order valence-electron chi connectivity index (χ2n) is 6.27. The minimum absolute atomic E-state index is 0.145. The van der Waals surface area contributed by atoms with Gasteiger partial charge in [0, 0.05) is 22.8 Å². The lowest BCUT2D eigenvalue weighted by molar-refractivity contribution is -0.114. The van der Waals surface area contributed by atoms with Gasteiger partial charge in [0.05, 0.1) is 17.7 Å². The predicted molar refractivity (Wildman–Crippen MR) is 121 cm³/mol. The number of thioether (sulfide) groups is 1. The van der Waals surface area contributed by atoms with Crippen LogP contribution in [0.3, 0.4) is 0 Å². The summed E-state index contributed by atoms with van der Waals surface area (Å²) in [6, 6.07) is 19.3. The molecule has 0 fully saturated rings. The summed E-state index contributed by atoms with van der Waals surface area (Å²) >= 11 is 4.63. The Kier molecular flexibility index (Phi) is 7.89. The smallest absolute Gasteiger partial charge is 0.235 e. The van der Waals surface area contributed by atoms with Crippen LogP contribution in [0.5, 0.6) is 0 Å². The molecular formula is C21H21BrN4O2S. The van der Waals surface area contributed by atoms with Crippen LogP contribution >= 0.6 is 27.7 Å². The van der Waals surface area contributed by atoms with Crippen molar-refractivity contribution in [3.05, 3.63) is 76.9 Å². The summed E-state index contributed by atoms with van der Waals surface area (Å²) in [6.07, 6.45) is 2.50. The summed E-state index contributed by atoms with van der Waals surface area (Å²) in [7, 11) is 0. The van der Waals surface area contributed by atoms with Crippen LogP contribution in [0, 0.1) is 0 Å². The molecule has 2 N–H and O–H groups in total. The van der Waals surface area contributed by atoms with E-state index in [9.17, 15) is 9.59 Å². The number of rotatable bonds is 9. The van der Waals surface area contributed by atoms with Gasteiger partial charge in [0.25, 0.3) is 0 Å². The van der Waals surface area contributed by atoms with E-state index in [0.29, 0.717) is 12.4 Å². The Labute approximate surface area is 182 Å². The first-order valence-corrected chi connectivity index (χ1v) is 11.0. The molecule has 0 spiro atoms. The normalized spacial score (nSPS) is 10.5. The van der Waals surface area contributed by atoms with E-state index in [0.717, 1.165) is 16.6 Å². The Bertz CT molecular complexity index is 962. The first-order chi connectivity index (χ1) is 14.1. The number of nitrogens with zero attached hydrogens (tertiary/aromatic N) is 2. The number of aromatic nitrogens is 2. The lowest BCUT2D eigenvalue weighted by Gasteiger charge is -2.09. The van der Waals surface area contributed by atoms with Gasteiger partial charge in [-0.2, -0.15) is 5.10 Å². The standard InChI is InChI=1S/C21H21BrN4O2S/c22-17-7-4-8-18(13-17)24-20(27)14-29-15-21(28)25-19-9-11-23-26(19)12-10-16-5-2-1-3-6-16/h1-9,11,13H,10,12,14-15H2,(H,24,27)(H,25,28). The number of hydrogen-bond donors (Lipinski definition) is 2. The second kappa shape index (κ2) is 10.8. The third-order valence-electron chi connectivity index (χ3n) is 4.01. The average molecular weight is 473 g/mol. The van der Waals surface area contributed by atoms with Gasteiger partial charge in [0.2, 0.25) is 11.8 Å². The number of halogens is 1. The fraction of sp³-hybridized carbons (Fsp3) is 0.190. The number of benzene rings is 2. The lowest BCUT2D eigenvalue weighted by Crippen LogP contribution is -2.20. The van der Waals surface area contributed by atoms with Crippen molar-refractivity contribution in [2.75, 3.05) is 22.1 Å². The number of carbonyl (C=O) groups excluding carboxylic acids is 2. The first kappa shape index (κ1) is 21.1. The molecule has 0 aliphatic heterocycles. The van der Waals surface area contributed by atoms with Crippen LogP contribution in [0.2, 0.25) is 0 Å². The van der Waals surface area contributed by atoms with Crippen molar-refractivity contribution in [1.82, 2.24) is 9.78 Å². The highest BCUT2D eigenvalue weighted by atomic mass is 79.9. The molecule has 1 heterocycles. The van der Waals surface area contributed by atoms with Gasteiger partial charge in [-0.25, -0.2) is 4.68 Å². The van der Waals surface area contributed by atoms with Crippen LogP contribution < -0.4 is 10.6 Å². The quantitative estimate of drug-likeness (QED) is 0.489. The molecule has 3 aromatic rings. The summed E-state index contributed by atoms with van der Waals surface area (Å²) in [5.74, 6) is 0.744. The average Bonchev–Trinajstić information content (AvgIpc) is 3.14. The van der Waals surface area contributed by atoms with Crippen LogP contribution in [0.15, 0.2) is 71.3 Å². The fourth-order valence-corrected chi connectivity index (χ4v) is 3.69. The Balaban J connectivity index is 1.40. The maximum Gasteiger partial charge on any atom is 0.235 e. The van der Waals surface area contributed by atoms with Crippen molar-refractivity contribution in [3.63, 3.8) is 0 Å². The maximum absolute atomic E-state index is 12.2. The summed E-state index contributed by atoms with van der Waals surface area (Å²) in [5, 5.41) is 9.94. The van der Waals surface area contributed by atoms with Crippen molar-refractivity contribution in [1.29, 1.82) is 0 Å². The SMILES string of the molecule is O=C(CSCC(=O)Nc1ccnn1CCc1ccccc1)Nc1cccc(Br)c1. The van der Waals surface area contributed by atoms with E-state index in [2.05, 4.69) is 43.8 Å². The lowest BCUT2D eigenvalue weighted by atomic mass is 10.1. The van der Waals surface area contributed by atoms with Gasteiger partial charge in [-0.05, 0) is 30.2 Å². The Morgan fingerprint density at radius 3 is 2.48 bits per heavy atom. The molecule has 0 bridgehead atoms. The molecule has 0 aliphatic carbocycles. The van der Waals surface area contributed by atoms with Crippen LogP contribution in [0.4, 0.5) is 11.5 Å². The number of amides is 2. The van der Waals surface area contributed by atoms with Gasteiger partial charge in [-0.3, -0.25) is 9.59 Å². The molecule has 2 aromatic carbocycles. The van der Waals surface area contributed by atoms with Gasteiger partial charge < -0.3 is 10.6 Å². The van der Waals surface area contributed by atoms with Crippen molar-refractivity contribution < 1.29 is 9.59 Å². The number of hydrogen-bond acceptors (Lipinski definition) is 4. The van der Waals surface area contributed by atoms with Crippen LogP contribution in [0.25, 0.3) is 0 Å². The van der Waals surface area contributed by atoms with Gasteiger partial charge in [-0.1, -0.05) is 52.3 Å². The Hall–Kier alpha value is -2.58. The zero-order valence-corrected chi connectivity index (χ0v) is 18.1. The number of nitrogens with one attached hydrogen (secondary N) is 2. The topological polar surface area (TPSA) is 76.0 Å². The van der Waals surface area contributed by atoms with Gasteiger partial charge in [-0.15, -0.1) is 11.8 Å². The zero-order valence-electron chi connectivity index (χ0n) is 15.7. The van der Waals surface area contributed by atoms with Crippen molar-refractivity contribution in [2.45, 2.75) is 13.0 Å². The highest BCUT2D eigenvalue weighted by Crippen LogP contribution is 2.16. The molecule has 6 nitrogen and oxygen atoms in total. The van der Waals surface area contributed by atoms with Crippen LogP contribution in [-0.2, 0) is 22.6 Å². The van der Waals surface area contributed by atoms with E-state index < -0.39 is 0 Å². The highest BCUT2D eigenvalue weighted by molar-refractivity contribution is 9.10. The Morgan fingerprint density at radius 1 is 0.966 bits per heavy atom. The van der Waals surface area contributed by atoms with E-state index in [1.807, 2.05) is 42.5 Å². The largest absolute Gasteiger partial charge is 0.325 e. The van der Waals surface area contributed by atoms with E-state index in [1.165, 1.54) is 17.3 Å². The molecule has 0 unspecified atom stereocenters. The summed E-state index contributed by atoms with van der Waals surface area (Å²) < 4.78 is 2.67. The monoisotopic (exact) mass is 472 g/mol. The van der Waals surface area contributed by atoms with E-state index >= 15 is 0 Å². The molecule has 150 valence electrons. The van der Waals surface area contributed by atoms with Gasteiger partial charge >= 0.3 is 0 Å². The van der Waals surface area contributed by atoms with E-state index in [-0.39, 0.29) is 23.3 Å². The molecule has 0 saturated heterocycles. The van der Waals surface area contributed by atoms with Crippen molar-refractivity contribution in [2.24, 2.45) is 0 Å². The number of carbonyl (C=O) groups is 2. The molecular weight excluding hydrogens is 452 g/mol. The van der Waals surface area contributed by atoms with Crippen molar-refractivity contribution in [3.8, 4) is 0 Å². The molecule has 0 saturated carbocycles. The highest BCUT2D eigenvalue weighted by Gasteiger charge is 2.09. The zero-order chi connectivity index (χ0) is 20.5. The molecule has 0 atom stereocenters. The molecule has 8 heteroatoms. The predicted octanol–water partition coefficient (Wildman–Crippen LogP) is 4.20. The molecule has 3 rings (SSSR count). The molecule has 2 amide bonds. The van der Waals surface area contributed by atoms with E-state index in [4.69, 9.17) is 0 Å². The molecule has 0 radical (unpaired) electrons. The number of anilines is 2. The van der Waals surface area contributed by atoms with Crippen molar-refractivity contribution >= 4 is 51.0 Å². The van der Waals surface area contributed by atoms with E-state index in [1.54, 1.807) is 16.9 Å². The van der Waals surface area contributed by atoms with Gasteiger partial charge in [0.15, 0.2) is 0 Å². The first-order valence-electron chi connectivity index (χ1n) is 9.09. The van der Waals surface area contributed by atoms with Crippen LogP contribution in [0.1, 0.15) is 5.56 Å². The second-order valence-corrected chi connectivity index (χ2v) is 8.18. The Morgan fingerprint density at radius 2 is 1.72 bits per heavy atom. The minimum Gasteiger partial charge on any atom is -0.325 e. The summed E-state index contributed by atoms with van der Waals surface area (Å²) in [5.41, 5.74) is 1.93. The third-order valence-corrected chi connectivity index (χ3v) is 5.44. The van der Waals surface area contributed by atoms with Gasteiger partial charge in [0.1, 0.15) is 5.82 Å². The summed E-state index contributed by atoms with van der Waals surface area (Å²) in [6.45, 7) is 0.675. The third kappa shape index (κ3) is 7.07. The van der Waals surface area contributed by atoms with Crippen LogP contribution in [-0.4, -0.2) is 33.1 Å². The minimum atomic E-state index is -0.160.